The van der Waals surface area contributed by atoms with Crippen molar-refractivity contribution in [1.82, 2.24) is 0 Å². The molecular weight excluding hydrogens is 379 g/mol. The van der Waals surface area contributed by atoms with Gasteiger partial charge in [-0.3, -0.25) is 0 Å². The molecule has 0 spiro atoms. The standard InChI is InChI=1S/C27H45BOSi/c1-17(11-12-30(8,9)10)29-28(24-15-20-13-22(18(24)2)26(20,4)5)25-16-21-14-23(19(25)3)27(21,6)7/h18-25H,1,13-16H2,2-10H3/t18-,19-,20+,21+,22-,23-,24-,25-/m1/s1. The third-order valence-corrected chi connectivity index (χ3v) is 11.4. The number of hydrogen-bond acceptors (Lipinski definition) is 1. The van der Waals surface area contributed by atoms with Gasteiger partial charge in [0, 0.05) is 0 Å². The van der Waals surface area contributed by atoms with Gasteiger partial charge in [0.15, 0.2) is 0 Å². The second kappa shape index (κ2) is 7.20. The molecule has 0 radical (unpaired) electrons. The smallest absolute Gasteiger partial charge is 0.365 e. The van der Waals surface area contributed by atoms with Gasteiger partial charge in [0.05, 0.1) is 0 Å². The lowest BCUT2D eigenvalue weighted by Gasteiger charge is -2.65. The Morgan fingerprint density at radius 3 is 1.63 bits per heavy atom. The number of fused-ring (bicyclic) bond motifs is 4. The van der Waals surface area contributed by atoms with Gasteiger partial charge in [-0.15, -0.1) is 5.54 Å². The van der Waals surface area contributed by atoms with Crippen LogP contribution in [-0.4, -0.2) is 15.0 Å². The van der Waals surface area contributed by atoms with Crippen LogP contribution in [-0.2, 0) is 4.65 Å². The highest BCUT2D eigenvalue weighted by molar-refractivity contribution is 6.83. The predicted octanol–water partition coefficient (Wildman–Crippen LogP) is 7.53. The molecule has 0 aromatic heterocycles. The Labute approximate surface area is 188 Å². The molecule has 6 aliphatic carbocycles. The van der Waals surface area contributed by atoms with Crippen LogP contribution < -0.4 is 0 Å². The molecule has 166 valence electrons. The molecule has 30 heavy (non-hydrogen) atoms. The molecule has 0 aliphatic heterocycles. The van der Waals surface area contributed by atoms with Crippen molar-refractivity contribution in [2.24, 2.45) is 46.3 Å². The van der Waals surface area contributed by atoms with Crippen LogP contribution in [0.25, 0.3) is 0 Å². The fourth-order valence-corrected chi connectivity index (χ4v) is 8.70. The quantitative estimate of drug-likeness (QED) is 0.257. The minimum Gasteiger partial charge on any atom is -0.555 e. The Bertz CT molecular complexity index is 724. The molecule has 6 aliphatic rings. The zero-order chi connectivity index (χ0) is 22.2. The third-order valence-electron chi connectivity index (χ3n) is 10.5. The summed E-state index contributed by atoms with van der Waals surface area (Å²) in [6.07, 6.45) is 5.55. The molecule has 0 aromatic carbocycles. The van der Waals surface area contributed by atoms with Crippen molar-refractivity contribution in [2.45, 2.75) is 98.5 Å². The van der Waals surface area contributed by atoms with Crippen LogP contribution in [0.1, 0.15) is 67.2 Å². The van der Waals surface area contributed by atoms with Crippen molar-refractivity contribution in [1.29, 1.82) is 0 Å². The Morgan fingerprint density at radius 1 is 0.867 bits per heavy atom. The van der Waals surface area contributed by atoms with Gasteiger partial charge in [0.1, 0.15) is 13.8 Å². The van der Waals surface area contributed by atoms with Crippen LogP contribution in [0, 0.1) is 57.8 Å². The topological polar surface area (TPSA) is 9.23 Å². The van der Waals surface area contributed by atoms with Gasteiger partial charge in [-0.2, -0.15) is 0 Å². The summed E-state index contributed by atoms with van der Waals surface area (Å²) in [4.78, 5) is 0. The molecule has 0 amide bonds. The molecule has 0 N–H and O–H groups in total. The second-order valence-electron chi connectivity index (χ2n) is 13.7. The molecule has 4 bridgehead atoms. The van der Waals surface area contributed by atoms with Crippen LogP contribution in [0.2, 0.25) is 31.3 Å². The lowest BCUT2D eigenvalue weighted by Crippen LogP contribution is -2.60. The summed E-state index contributed by atoms with van der Waals surface area (Å²) < 4.78 is 6.79. The molecule has 6 saturated carbocycles. The van der Waals surface area contributed by atoms with Gasteiger partial charge < -0.3 is 4.65 Å². The molecule has 3 heteroatoms. The van der Waals surface area contributed by atoms with Gasteiger partial charge in [0.2, 0.25) is 0 Å². The fraction of sp³-hybridized carbons (Fsp3) is 0.852. The Morgan fingerprint density at radius 2 is 1.30 bits per heavy atom. The number of allylic oxidation sites excluding steroid dienone is 1. The second-order valence-corrected chi connectivity index (χ2v) is 18.5. The summed E-state index contributed by atoms with van der Waals surface area (Å²) in [5.74, 6) is 10.4. The minimum atomic E-state index is -1.43. The lowest BCUT2D eigenvalue weighted by atomic mass is 9.27. The van der Waals surface area contributed by atoms with E-state index >= 15 is 0 Å². The van der Waals surface area contributed by atoms with E-state index in [0.717, 1.165) is 41.3 Å². The molecule has 0 aromatic rings. The first-order chi connectivity index (χ1) is 13.7. The lowest BCUT2D eigenvalue weighted by molar-refractivity contribution is -0.110. The maximum absolute atomic E-state index is 6.79. The predicted molar refractivity (Wildman–Crippen MR) is 133 cm³/mol. The average molecular weight is 425 g/mol. The van der Waals surface area contributed by atoms with Crippen molar-refractivity contribution in [3.63, 3.8) is 0 Å². The van der Waals surface area contributed by atoms with Gasteiger partial charge >= 0.3 is 6.92 Å². The summed E-state index contributed by atoms with van der Waals surface area (Å²) >= 11 is 0. The van der Waals surface area contributed by atoms with E-state index in [2.05, 4.69) is 79.2 Å². The molecule has 0 unspecified atom stereocenters. The molecule has 8 atom stereocenters. The molecule has 0 heterocycles. The highest BCUT2D eigenvalue weighted by Gasteiger charge is 2.63. The first kappa shape index (κ1) is 22.6. The fourth-order valence-electron chi connectivity index (χ4n) is 8.19. The van der Waals surface area contributed by atoms with Crippen LogP contribution in [0.3, 0.4) is 0 Å². The maximum atomic E-state index is 6.79. The van der Waals surface area contributed by atoms with E-state index in [-0.39, 0.29) is 0 Å². The summed E-state index contributed by atoms with van der Waals surface area (Å²) in [7, 11) is -1.43. The molecule has 1 nitrogen and oxygen atoms in total. The number of rotatable bonds is 4. The van der Waals surface area contributed by atoms with Crippen LogP contribution in [0.5, 0.6) is 0 Å². The van der Waals surface area contributed by atoms with E-state index in [1.54, 1.807) is 0 Å². The average Bonchev–Trinajstić information content (AvgIpc) is 2.63. The highest BCUT2D eigenvalue weighted by atomic mass is 28.3. The molecule has 0 saturated heterocycles. The summed E-state index contributed by atoms with van der Waals surface area (Å²) in [5.41, 5.74) is 4.53. The van der Waals surface area contributed by atoms with E-state index in [1.807, 2.05) is 0 Å². The van der Waals surface area contributed by atoms with E-state index in [9.17, 15) is 0 Å². The molecule has 6 rings (SSSR count). The van der Waals surface area contributed by atoms with Crippen molar-refractivity contribution in [2.75, 3.05) is 0 Å². The van der Waals surface area contributed by atoms with Crippen LogP contribution in [0.4, 0.5) is 0 Å². The molecular formula is C27H45BOSi. The zero-order valence-corrected chi connectivity index (χ0v) is 22.1. The van der Waals surface area contributed by atoms with E-state index in [4.69, 9.17) is 4.65 Å². The Hall–Kier alpha value is -0.618. The summed E-state index contributed by atoms with van der Waals surface area (Å²) in [5, 5.41) is 0. The Kier molecular flexibility index (Phi) is 5.41. The van der Waals surface area contributed by atoms with Crippen LogP contribution >= 0.6 is 0 Å². The van der Waals surface area contributed by atoms with Crippen molar-refractivity contribution >= 4 is 15.0 Å². The third kappa shape index (κ3) is 3.54. The highest BCUT2D eigenvalue weighted by Crippen LogP contribution is 2.69. The Balaban J connectivity index is 1.58. The first-order valence-electron chi connectivity index (χ1n) is 12.6. The van der Waals surface area contributed by atoms with E-state index in [0.29, 0.717) is 29.4 Å². The largest absolute Gasteiger partial charge is 0.555 e. The SMILES string of the molecule is C=C(C#C[Si](C)(C)C)OB([C@@H]1C[C@@H]2C[C@H]([C@H]1C)C2(C)C)[C@@H]1C[C@@H]2C[C@H]([C@H]1C)C2(C)C. The van der Waals surface area contributed by atoms with E-state index < -0.39 is 8.07 Å². The minimum absolute atomic E-state index is 0.307. The van der Waals surface area contributed by atoms with Gasteiger partial charge in [-0.25, -0.2) is 0 Å². The van der Waals surface area contributed by atoms with Crippen molar-refractivity contribution in [3.8, 4) is 11.5 Å². The summed E-state index contributed by atoms with van der Waals surface area (Å²) in [6.45, 7) is 26.6. The normalized spacial score (nSPS) is 42.7. The molecule has 6 fully saturated rings. The zero-order valence-electron chi connectivity index (χ0n) is 21.1. The maximum Gasteiger partial charge on any atom is 0.365 e. The van der Waals surface area contributed by atoms with Crippen molar-refractivity contribution < 1.29 is 4.65 Å². The number of hydrogen-bond donors (Lipinski definition) is 0. The van der Waals surface area contributed by atoms with Gasteiger partial charge in [0.25, 0.3) is 0 Å². The summed E-state index contributed by atoms with van der Waals surface area (Å²) in [6, 6.07) is 0. The van der Waals surface area contributed by atoms with E-state index in [1.165, 1.54) is 25.7 Å². The first-order valence-corrected chi connectivity index (χ1v) is 16.1. The van der Waals surface area contributed by atoms with Crippen molar-refractivity contribution in [3.05, 3.63) is 12.3 Å². The van der Waals surface area contributed by atoms with Gasteiger partial charge in [-0.1, -0.05) is 61.2 Å². The van der Waals surface area contributed by atoms with Crippen LogP contribution in [0.15, 0.2) is 12.3 Å². The monoisotopic (exact) mass is 424 g/mol. The van der Waals surface area contributed by atoms with Gasteiger partial charge in [-0.05, 0) is 96.2 Å².